The lowest BCUT2D eigenvalue weighted by Crippen LogP contribution is -2.48. The average Bonchev–Trinajstić information content (AvgIpc) is 3.43. The number of hydrogen-bond donors (Lipinski definition) is 3. The maximum absolute atomic E-state index is 13.6. The van der Waals surface area contributed by atoms with Crippen molar-refractivity contribution in [2.75, 3.05) is 45.6 Å². The second kappa shape index (κ2) is 12.0. The third kappa shape index (κ3) is 6.51. The molecule has 1 aliphatic rings. The molecule has 0 radical (unpaired) electrons. The number of aromatic amines is 1. The molecule has 3 N–H and O–H groups in total. The summed E-state index contributed by atoms with van der Waals surface area (Å²) in [6, 6.07) is 12.8. The van der Waals surface area contributed by atoms with E-state index in [1.165, 1.54) is 0 Å². The highest BCUT2D eigenvalue weighted by Crippen LogP contribution is 2.25. The Kier molecular flexibility index (Phi) is 8.32. The molecule has 5 rings (SSSR count). The molecule has 0 saturated carbocycles. The van der Waals surface area contributed by atoms with E-state index in [9.17, 15) is 8.42 Å². The first-order valence-electron chi connectivity index (χ1n) is 13.1. The first-order valence-corrected chi connectivity index (χ1v) is 14.5. The summed E-state index contributed by atoms with van der Waals surface area (Å²) in [5.41, 5.74) is 3.61. The molecule has 1 fully saturated rings. The molecule has 4 aromatic rings. The van der Waals surface area contributed by atoms with Crippen LogP contribution in [0.3, 0.4) is 0 Å². The van der Waals surface area contributed by atoms with Crippen LogP contribution in [-0.2, 0) is 10.0 Å². The van der Waals surface area contributed by atoms with Gasteiger partial charge in [-0.05, 0) is 75.9 Å². The van der Waals surface area contributed by atoms with Gasteiger partial charge in [-0.1, -0.05) is 24.3 Å². The van der Waals surface area contributed by atoms with Crippen molar-refractivity contribution in [2.45, 2.75) is 23.8 Å². The van der Waals surface area contributed by atoms with E-state index in [1.54, 1.807) is 41.0 Å². The van der Waals surface area contributed by atoms with Crippen molar-refractivity contribution < 1.29 is 8.42 Å². The molecule has 11 heteroatoms. The Balaban J connectivity index is 1.25. The van der Waals surface area contributed by atoms with Crippen LogP contribution in [0.25, 0.3) is 23.1 Å². The summed E-state index contributed by atoms with van der Waals surface area (Å²) in [5, 5.41) is 14.6. The zero-order valence-corrected chi connectivity index (χ0v) is 23.0. The molecule has 2 aromatic carbocycles. The van der Waals surface area contributed by atoms with Crippen molar-refractivity contribution >= 4 is 44.7 Å². The van der Waals surface area contributed by atoms with Gasteiger partial charge in [-0.2, -0.15) is 9.40 Å². The number of anilines is 2. The van der Waals surface area contributed by atoms with Crippen LogP contribution in [0.2, 0.25) is 0 Å². The molecule has 0 amide bonds. The number of sulfonamides is 1. The monoisotopic (exact) mass is 546 g/mol. The number of nitrogens with zero attached hydrogens (tertiary/aromatic N) is 5. The lowest BCUT2D eigenvalue weighted by atomic mass is 10.1. The van der Waals surface area contributed by atoms with Crippen molar-refractivity contribution in [3.8, 4) is 0 Å². The minimum absolute atomic E-state index is 0.00238. The van der Waals surface area contributed by atoms with Crippen LogP contribution < -0.4 is 10.6 Å². The van der Waals surface area contributed by atoms with E-state index in [0.29, 0.717) is 29.6 Å². The van der Waals surface area contributed by atoms with Crippen LogP contribution in [0, 0.1) is 0 Å². The number of piperidine rings is 1. The predicted molar refractivity (Wildman–Crippen MR) is 155 cm³/mol. The first-order chi connectivity index (χ1) is 18.9. The SMILES string of the molecule is CN(C)CCN(C1CCNCC1)S(=O)(=O)c1ccc(Nc2ncc(C=Cc3cccc4[nH]ncc34)cn2)cc1. The molecular formula is C28H34N8O2S. The summed E-state index contributed by atoms with van der Waals surface area (Å²) in [7, 11) is 0.293. The Morgan fingerprint density at radius 3 is 2.44 bits per heavy atom. The number of fused-ring (bicyclic) bond motifs is 1. The van der Waals surface area contributed by atoms with E-state index in [0.717, 1.165) is 48.0 Å². The van der Waals surface area contributed by atoms with Gasteiger partial charge in [0, 0.05) is 48.2 Å². The van der Waals surface area contributed by atoms with E-state index in [-0.39, 0.29) is 6.04 Å². The van der Waals surface area contributed by atoms with Gasteiger partial charge in [0.25, 0.3) is 0 Å². The average molecular weight is 547 g/mol. The molecule has 1 aliphatic heterocycles. The quantitative estimate of drug-likeness (QED) is 0.276. The number of benzene rings is 2. The third-order valence-electron chi connectivity index (χ3n) is 6.85. The van der Waals surface area contributed by atoms with Crippen molar-refractivity contribution in [2.24, 2.45) is 0 Å². The molecule has 0 aliphatic carbocycles. The minimum Gasteiger partial charge on any atom is -0.324 e. The van der Waals surface area contributed by atoms with Crippen molar-refractivity contribution in [1.29, 1.82) is 0 Å². The molecule has 0 bridgehead atoms. The fourth-order valence-electron chi connectivity index (χ4n) is 4.68. The van der Waals surface area contributed by atoms with E-state index in [2.05, 4.69) is 30.8 Å². The summed E-state index contributed by atoms with van der Waals surface area (Å²) in [5.74, 6) is 0.432. The zero-order valence-electron chi connectivity index (χ0n) is 22.2. The summed E-state index contributed by atoms with van der Waals surface area (Å²) in [6.45, 7) is 2.80. The summed E-state index contributed by atoms with van der Waals surface area (Å²) in [4.78, 5) is 11.1. The molecule has 204 valence electrons. The van der Waals surface area contributed by atoms with E-state index in [4.69, 9.17) is 0 Å². The number of likely N-dealkylation sites (N-methyl/N-ethyl adjacent to an activating group) is 1. The van der Waals surface area contributed by atoms with E-state index in [1.807, 2.05) is 55.5 Å². The minimum atomic E-state index is -3.62. The standard InChI is InChI=1S/C28H34N8O2S/c1-35(2)16-17-36(24-12-14-29-15-13-24)39(37,38)25-10-8-23(9-11-25)33-28-30-18-21(19-31-28)6-7-22-4-3-5-27-26(22)20-32-34-27/h3-11,18-20,24,29H,12-17H2,1-2H3,(H,32,34)(H,30,31,33). The lowest BCUT2D eigenvalue weighted by molar-refractivity contribution is 0.240. The zero-order chi connectivity index (χ0) is 27.2. The Morgan fingerprint density at radius 1 is 0.974 bits per heavy atom. The highest BCUT2D eigenvalue weighted by Gasteiger charge is 2.32. The van der Waals surface area contributed by atoms with Crippen molar-refractivity contribution in [3.63, 3.8) is 0 Å². The number of nitrogens with one attached hydrogen (secondary N) is 3. The van der Waals surface area contributed by atoms with Crippen LogP contribution >= 0.6 is 0 Å². The first kappa shape index (κ1) is 26.9. The topological polar surface area (TPSA) is 119 Å². The Bertz CT molecular complexity index is 1510. The molecule has 0 spiro atoms. The molecule has 0 atom stereocenters. The Hall–Kier alpha value is -3.64. The molecule has 10 nitrogen and oxygen atoms in total. The molecule has 0 unspecified atom stereocenters. The Labute approximate surface area is 229 Å². The highest BCUT2D eigenvalue weighted by molar-refractivity contribution is 7.89. The molecular weight excluding hydrogens is 512 g/mol. The maximum atomic E-state index is 13.6. The van der Waals surface area contributed by atoms with Gasteiger partial charge >= 0.3 is 0 Å². The van der Waals surface area contributed by atoms with Gasteiger partial charge in [-0.3, -0.25) is 5.10 Å². The van der Waals surface area contributed by atoms with Gasteiger partial charge in [-0.25, -0.2) is 18.4 Å². The molecule has 3 heterocycles. The van der Waals surface area contributed by atoms with Gasteiger partial charge in [0.05, 0.1) is 16.6 Å². The predicted octanol–water partition coefficient (Wildman–Crippen LogP) is 3.57. The summed E-state index contributed by atoms with van der Waals surface area (Å²) >= 11 is 0. The molecule has 39 heavy (non-hydrogen) atoms. The van der Waals surface area contributed by atoms with E-state index < -0.39 is 10.0 Å². The van der Waals surface area contributed by atoms with Gasteiger partial charge in [0.2, 0.25) is 16.0 Å². The largest absolute Gasteiger partial charge is 0.324 e. The fraction of sp³-hybridized carbons (Fsp3) is 0.321. The summed E-state index contributed by atoms with van der Waals surface area (Å²) in [6.07, 6.45) is 10.9. The van der Waals surface area contributed by atoms with Gasteiger partial charge in [-0.15, -0.1) is 0 Å². The maximum Gasteiger partial charge on any atom is 0.243 e. The second-order valence-electron chi connectivity index (χ2n) is 9.90. The highest BCUT2D eigenvalue weighted by atomic mass is 32.2. The lowest BCUT2D eigenvalue weighted by Gasteiger charge is -2.34. The van der Waals surface area contributed by atoms with Crippen LogP contribution in [0.1, 0.15) is 24.0 Å². The number of aromatic nitrogens is 4. The van der Waals surface area contributed by atoms with Crippen LogP contribution in [0.5, 0.6) is 0 Å². The van der Waals surface area contributed by atoms with Crippen molar-refractivity contribution in [3.05, 3.63) is 72.2 Å². The van der Waals surface area contributed by atoms with Crippen molar-refractivity contribution in [1.82, 2.24) is 34.7 Å². The normalized spacial score (nSPS) is 15.1. The van der Waals surface area contributed by atoms with Crippen LogP contribution in [0.4, 0.5) is 11.6 Å². The van der Waals surface area contributed by atoms with Gasteiger partial charge < -0.3 is 15.5 Å². The van der Waals surface area contributed by atoms with Gasteiger partial charge in [0.1, 0.15) is 0 Å². The fourth-order valence-corrected chi connectivity index (χ4v) is 6.35. The third-order valence-corrected chi connectivity index (χ3v) is 8.81. The molecule has 1 saturated heterocycles. The number of H-pyrrole nitrogens is 1. The van der Waals surface area contributed by atoms with Crippen LogP contribution in [0.15, 0.2) is 66.0 Å². The number of rotatable bonds is 10. The second-order valence-corrected chi connectivity index (χ2v) is 11.8. The summed E-state index contributed by atoms with van der Waals surface area (Å²) < 4.78 is 28.9. The smallest absolute Gasteiger partial charge is 0.243 e. The Morgan fingerprint density at radius 2 is 1.72 bits per heavy atom. The van der Waals surface area contributed by atoms with E-state index >= 15 is 0 Å². The molecule has 2 aromatic heterocycles. The van der Waals surface area contributed by atoms with Crippen LogP contribution in [-0.4, -0.2) is 84.1 Å². The van der Waals surface area contributed by atoms with Gasteiger partial charge in [0.15, 0.2) is 0 Å². The number of hydrogen-bond acceptors (Lipinski definition) is 8.